The Morgan fingerprint density at radius 1 is 1.12 bits per heavy atom. The van der Waals surface area contributed by atoms with Gasteiger partial charge < -0.3 is 4.90 Å². The van der Waals surface area contributed by atoms with E-state index >= 15 is 0 Å². The number of hydrogen-bond donors (Lipinski definition) is 1. The molecule has 0 spiro atoms. The van der Waals surface area contributed by atoms with Gasteiger partial charge in [-0.15, -0.1) is 11.3 Å². The van der Waals surface area contributed by atoms with E-state index in [0.717, 1.165) is 41.4 Å². The number of likely N-dealkylation sites (N-methyl/N-ethyl adjacent to an activating group) is 1. The monoisotopic (exact) mass is 353 g/mol. The fourth-order valence-corrected chi connectivity index (χ4v) is 3.83. The van der Waals surface area contributed by atoms with E-state index in [1.165, 1.54) is 0 Å². The second-order valence-electron chi connectivity index (χ2n) is 6.12. The van der Waals surface area contributed by atoms with Crippen LogP contribution in [0.15, 0.2) is 42.6 Å². The van der Waals surface area contributed by atoms with Crippen LogP contribution >= 0.6 is 11.3 Å². The summed E-state index contributed by atoms with van der Waals surface area (Å²) in [5, 5.41) is 2.74. The second-order valence-corrected chi connectivity index (χ2v) is 7.15. The zero-order chi connectivity index (χ0) is 17.2. The molecule has 0 saturated carbocycles. The molecule has 3 heterocycles. The standard InChI is InChI=1S/C18H19N5OS/c1-22-9-11-23(12-10-22)21-17(24)13-5-4-8-19-16(13)18-20-14-6-2-3-7-15(14)25-18/h2-8H,9-12H2,1H3,(H,21,24). The topological polar surface area (TPSA) is 61.4 Å². The minimum atomic E-state index is -0.132. The molecule has 7 heteroatoms. The van der Waals surface area contributed by atoms with Gasteiger partial charge in [-0.1, -0.05) is 12.1 Å². The zero-order valence-corrected chi connectivity index (χ0v) is 14.8. The quantitative estimate of drug-likeness (QED) is 0.783. The van der Waals surface area contributed by atoms with Gasteiger partial charge in [0.05, 0.1) is 15.8 Å². The van der Waals surface area contributed by atoms with Crippen molar-refractivity contribution in [1.29, 1.82) is 0 Å². The lowest BCUT2D eigenvalue weighted by molar-refractivity contribution is 0.0663. The van der Waals surface area contributed by atoms with Gasteiger partial charge in [-0.05, 0) is 31.3 Å². The lowest BCUT2D eigenvalue weighted by Gasteiger charge is -2.32. The highest BCUT2D eigenvalue weighted by atomic mass is 32.1. The van der Waals surface area contributed by atoms with Crippen molar-refractivity contribution >= 4 is 27.5 Å². The maximum absolute atomic E-state index is 12.8. The van der Waals surface area contributed by atoms with Crippen molar-refractivity contribution < 1.29 is 4.79 Å². The van der Waals surface area contributed by atoms with Crippen LogP contribution in [0.4, 0.5) is 0 Å². The molecule has 1 N–H and O–H groups in total. The predicted molar refractivity (Wildman–Crippen MR) is 99.4 cm³/mol. The number of thiazole rings is 1. The number of carbonyl (C=O) groups is 1. The molecule has 3 aromatic rings. The van der Waals surface area contributed by atoms with Crippen molar-refractivity contribution in [1.82, 2.24) is 25.3 Å². The van der Waals surface area contributed by atoms with Crippen LogP contribution in [-0.2, 0) is 0 Å². The third-order valence-corrected chi connectivity index (χ3v) is 5.35. The van der Waals surface area contributed by atoms with Crippen LogP contribution in [0.3, 0.4) is 0 Å². The van der Waals surface area contributed by atoms with E-state index in [4.69, 9.17) is 0 Å². The van der Waals surface area contributed by atoms with E-state index in [-0.39, 0.29) is 5.91 Å². The van der Waals surface area contributed by atoms with Gasteiger partial charge >= 0.3 is 0 Å². The minimum absolute atomic E-state index is 0.132. The molecule has 1 saturated heterocycles. The third-order valence-electron chi connectivity index (χ3n) is 4.31. The van der Waals surface area contributed by atoms with Gasteiger partial charge in [0.25, 0.3) is 5.91 Å². The fraction of sp³-hybridized carbons (Fsp3) is 0.278. The molecule has 1 aromatic carbocycles. The number of carbonyl (C=O) groups excluding carboxylic acids is 1. The number of pyridine rings is 1. The number of nitrogens with one attached hydrogen (secondary N) is 1. The SMILES string of the molecule is CN1CCN(NC(=O)c2cccnc2-c2nc3ccccc3s2)CC1. The molecule has 1 amide bonds. The number of nitrogens with zero attached hydrogens (tertiary/aromatic N) is 4. The summed E-state index contributed by atoms with van der Waals surface area (Å²) in [5.41, 5.74) is 5.12. The third kappa shape index (κ3) is 3.39. The highest BCUT2D eigenvalue weighted by Gasteiger charge is 2.20. The number of piperazine rings is 1. The van der Waals surface area contributed by atoms with Crippen molar-refractivity contribution in [3.8, 4) is 10.7 Å². The lowest BCUT2D eigenvalue weighted by Crippen LogP contribution is -2.52. The average Bonchev–Trinajstić information content (AvgIpc) is 3.07. The van der Waals surface area contributed by atoms with E-state index in [9.17, 15) is 4.79 Å². The second kappa shape index (κ2) is 6.87. The summed E-state index contributed by atoms with van der Waals surface area (Å²) in [6.07, 6.45) is 1.70. The van der Waals surface area contributed by atoms with Crippen molar-refractivity contribution in [2.45, 2.75) is 0 Å². The Kier molecular flexibility index (Phi) is 4.44. The van der Waals surface area contributed by atoms with Gasteiger partial charge in [0.15, 0.2) is 0 Å². The van der Waals surface area contributed by atoms with Gasteiger partial charge in [0, 0.05) is 32.4 Å². The number of para-hydroxylation sites is 1. The van der Waals surface area contributed by atoms with Crippen LogP contribution in [0.2, 0.25) is 0 Å². The Labute approximate surface area is 150 Å². The molecule has 0 bridgehead atoms. The maximum atomic E-state index is 12.8. The number of rotatable bonds is 3. The molecule has 0 unspecified atom stereocenters. The van der Waals surface area contributed by atoms with Crippen molar-refractivity contribution in [3.63, 3.8) is 0 Å². The van der Waals surface area contributed by atoms with Crippen LogP contribution in [0.25, 0.3) is 20.9 Å². The Hall–Kier alpha value is -2.35. The summed E-state index contributed by atoms with van der Waals surface area (Å²) >= 11 is 1.55. The van der Waals surface area contributed by atoms with E-state index in [0.29, 0.717) is 11.3 Å². The number of aromatic nitrogens is 2. The van der Waals surface area contributed by atoms with Crippen molar-refractivity contribution in [3.05, 3.63) is 48.2 Å². The first kappa shape index (κ1) is 16.1. The van der Waals surface area contributed by atoms with Crippen molar-refractivity contribution in [2.75, 3.05) is 33.2 Å². The molecule has 4 rings (SSSR count). The molecular weight excluding hydrogens is 334 g/mol. The Morgan fingerprint density at radius 3 is 2.72 bits per heavy atom. The first-order valence-corrected chi connectivity index (χ1v) is 9.08. The maximum Gasteiger partial charge on any atom is 0.267 e. The van der Waals surface area contributed by atoms with Gasteiger partial charge in [0.1, 0.15) is 10.7 Å². The molecule has 0 aliphatic carbocycles. The molecule has 1 aliphatic heterocycles. The van der Waals surface area contributed by atoms with Gasteiger partial charge in [0.2, 0.25) is 0 Å². The highest BCUT2D eigenvalue weighted by Crippen LogP contribution is 2.30. The summed E-state index contributed by atoms with van der Waals surface area (Å²) in [4.78, 5) is 24.1. The van der Waals surface area contributed by atoms with E-state index in [1.807, 2.05) is 29.3 Å². The molecular formula is C18H19N5OS. The van der Waals surface area contributed by atoms with Gasteiger partial charge in [-0.3, -0.25) is 15.2 Å². The Morgan fingerprint density at radius 2 is 1.92 bits per heavy atom. The molecule has 128 valence electrons. The summed E-state index contributed by atoms with van der Waals surface area (Å²) in [7, 11) is 2.09. The lowest BCUT2D eigenvalue weighted by atomic mass is 10.2. The smallest absolute Gasteiger partial charge is 0.267 e. The molecule has 1 aliphatic rings. The van der Waals surface area contributed by atoms with Crippen LogP contribution in [-0.4, -0.2) is 59.0 Å². The molecule has 0 atom stereocenters. The van der Waals surface area contributed by atoms with Gasteiger partial charge in [-0.25, -0.2) is 9.99 Å². The number of fused-ring (bicyclic) bond motifs is 1. The predicted octanol–water partition coefficient (Wildman–Crippen LogP) is 2.25. The van der Waals surface area contributed by atoms with Crippen LogP contribution in [0.5, 0.6) is 0 Å². The van der Waals surface area contributed by atoms with E-state index in [2.05, 4.69) is 27.3 Å². The van der Waals surface area contributed by atoms with E-state index in [1.54, 1.807) is 29.7 Å². The summed E-state index contributed by atoms with van der Waals surface area (Å²) in [6.45, 7) is 3.52. The highest BCUT2D eigenvalue weighted by molar-refractivity contribution is 7.21. The molecule has 1 fully saturated rings. The van der Waals surface area contributed by atoms with Crippen LogP contribution in [0, 0.1) is 0 Å². The molecule has 6 nitrogen and oxygen atoms in total. The first-order valence-electron chi connectivity index (χ1n) is 8.26. The summed E-state index contributed by atoms with van der Waals surface area (Å²) in [6, 6.07) is 11.6. The van der Waals surface area contributed by atoms with Crippen LogP contribution in [0.1, 0.15) is 10.4 Å². The summed E-state index contributed by atoms with van der Waals surface area (Å²) in [5.74, 6) is -0.132. The number of hydrogen-bond acceptors (Lipinski definition) is 6. The van der Waals surface area contributed by atoms with Gasteiger partial charge in [-0.2, -0.15) is 0 Å². The Bertz CT molecular complexity index is 868. The Balaban J connectivity index is 1.61. The summed E-state index contributed by atoms with van der Waals surface area (Å²) < 4.78 is 1.09. The normalized spacial score (nSPS) is 16.2. The molecule has 0 radical (unpaired) electrons. The van der Waals surface area contributed by atoms with Crippen LogP contribution < -0.4 is 5.43 Å². The minimum Gasteiger partial charge on any atom is -0.304 e. The van der Waals surface area contributed by atoms with E-state index < -0.39 is 0 Å². The largest absolute Gasteiger partial charge is 0.304 e. The average molecular weight is 353 g/mol. The molecule has 2 aromatic heterocycles. The van der Waals surface area contributed by atoms with Crippen molar-refractivity contribution in [2.24, 2.45) is 0 Å². The fourth-order valence-electron chi connectivity index (χ4n) is 2.85. The number of benzene rings is 1. The number of amides is 1. The first-order chi connectivity index (χ1) is 12.2. The molecule has 25 heavy (non-hydrogen) atoms. The number of hydrazine groups is 1. The zero-order valence-electron chi connectivity index (χ0n) is 14.0.